The first-order valence-electron chi connectivity index (χ1n) is 13.8. The zero-order valence-electron chi connectivity index (χ0n) is 22.2. The Morgan fingerprint density at radius 2 is 1.81 bits per heavy atom. The SMILES string of the molecule is CC(C)CN1CCCC(C(=O)Cc2cc3cc(-c4cnn(C)c4CN4CCCCC4)ccc3cn2)C1. The zero-order valence-corrected chi connectivity index (χ0v) is 22.2. The Labute approximate surface area is 215 Å². The summed E-state index contributed by atoms with van der Waals surface area (Å²) in [6.07, 6.45) is 10.4. The van der Waals surface area contributed by atoms with Crippen molar-refractivity contribution in [2.75, 3.05) is 32.7 Å². The molecule has 2 aliphatic rings. The summed E-state index contributed by atoms with van der Waals surface area (Å²) >= 11 is 0. The second-order valence-corrected chi connectivity index (χ2v) is 11.3. The van der Waals surface area contributed by atoms with Gasteiger partial charge in [0.05, 0.1) is 11.9 Å². The van der Waals surface area contributed by atoms with Gasteiger partial charge in [-0.1, -0.05) is 32.4 Å². The quantitative estimate of drug-likeness (QED) is 0.442. The van der Waals surface area contributed by atoms with Crippen molar-refractivity contribution in [2.24, 2.45) is 18.9 Å². The second kappa shape index (κ2) is 11.2. The average molecular weight is 488 g/mol. The molecule has 6 heteroatoms. The Morgan fingerprint density at radius 1 is 1.00 bits per heavy atom. The van der Waals surface area contributed by atoms with Crippen LogP contribution in [0.15, 0.2) is 36.7 Å². The number of ketones is 1. The third kappa shape index (κ3) is 5.87. The van der Waals surface area contributed by atoms with E-state index in [1.54, 1.807) is 0 Å². The largest absolute Gasteiger partial charge is 0.302 e. The lowest BCUT2D eigenvalue weighted by molar-refractivity contribution is -0.124. The summed E-state index contributed by atoms with van der Waals surface area (Å²) in [4.78, 5) is 22.8. The number of aromatic nitrogens is 3. The van der Waals surface area contributed by atoms with Gasteiger partial charge in [0.2, 0.25) is 0 Å². The fourth-order valence-corrected chi connectivity index (χ4v) is 5.99. The highest BCUT2D eigenvalue weighted by molar-refractivity contribution is 5.89. The number of carbonyl (C=O) groups is 1. The minimum Gasteiger partial charge on any atom is -0.302 e. The van der Waals surface area contributed by atoms with Crippen LogP contribution in [0.5, 0.6) is 0 Å². The first kappa shape index (κ1) is 25.1. The third-order valence-electron chi connectivity index (χ3n) is 7.91. The standard InChI is InChI=1S/C30H41N5O/c1-22(2)19-35-13-7-8-25(20-35)30(36)16-27-15-26-14-23(9-10-24(26)17-31-27)28-18-32-33(3)29(28)21-34-11-5-4-6-12-34/h9-10,14-15,17-18,22,25H,4-8,11-13,16,19-21H2,1-3H3. The van der Waals surface area contributed by atoms with Crippen molar-refractivity contribution >= 4 is 16.6 Å². The van der Waals surface area contributed by atoms with E-state index in [1.807, 2.05) is 24.1 Å². The van der Waals surface area contributed by atoms with Crippen molar-refractivity contribution in [1.82, 2.24) is 24.6 Å². The summed E-state index contributed by atoms with van der Waals surface area (Å²) in [6, 6.07) is 8.68. The molecule has 2 aliphatic heterocycles. The maximum atomic E-state index is 13.2. The van der Waals surface area contributed by atoms with Crippen LogP contribution in [0, 0.1) is 11.8 Å². The molecule has 2 saturated heterocycles. The number of rotatable bonds is 8. The molecular weight excluding hydrogens is 446 g/mol. The molecule has 0 saturated carbocycles. The summed E-state index contributed by atoms with van der Waals surface area (Å²) in [5, 5.41) is 6.85. The monoisotopic (exact) mass is 487 g/mol. The molecule has 3 aromatic rings. The van der Waals surface area contributed by atoms with Gasteiger partial charge in [0.1, 0.15) is 5.78 Å². The molecule has 0 radical (unpaired) electrons. The van der Waals surface area contributed by atoms with Crippen LogP contribution in [-0.4, -0.2) is 63.1 Å². The Bertz CT molecular complexity index is 1190. The van der Waals surface area contributed by atoms with Crippen molar-refractivity contribution in [3.63, 3.8) is 0 Å². The van der Waals surface area contributed by atoms with Crippen LogP contribution in [0.4, 0.5) is 0 Å². The molecule has 36 heavy (non-hydrogen) atoms. The van der Waals surface area contributed by atoms with Crippen molar-refractivity contribution in [3.05, 3.63) is 48.0 Å². The van der Waals surface area contributed by atoms with Gasteiger partial charge in [-0.05, 0) is 74.3 Å². The van der Waals surface area contributed by atoms with E-state index in [4.69, 9.17) is 0 Å². The lowest BCUT2D eigenvalue weighted by atomic mass is 9.90. The van der Waals surface area contributed by atoms with E-state index in [9.17, 15) is 4.79 Å². The predicted octanol–water partition coefficient (Wildman–Crippen LogP) is 5.10. The highest BCUT2D eigenvalue weighted by Crippen LogP contribution is 2.29. The number of aryl methyl sites for hydroxylation is 1. The van der Waals surface area contributed by atoms with Crippen LogP contribution in [-0.2, 0) is 24.8 Å². The minimum atomic E-state index is 0.133. The lowest BCUT2D eigenvalue weighted by Crippen LogP contribution is -2.40. The van der Waals surface area contributed by atoms with Gasteiger partial charge in [-0.15, -0.1) is 0 Å². The molecule has 1 unspecified atom stereocenters. The molecule has 0 spiro atoms. The summed E-state index contributed by atoms with van der Waals surface area (Å²) in [5.41, 5.74) is 4.53. The molecule has 2 aromatic heterocycles. The number of likely N-dealkylation sites (tertiary alicyclic amines) is 2. The number of hydrogen-bond acceptors (Lipinski definition) is 5. The van der Waals surface area contributed by atoms with Crippen LogP contribution in [0.1, 0.15) is 57.3 Å². The highest BCUT2D eigenvalue weighted by Gasteiger charge is 2.26. The molecule has 1 aromatic carbocycles. The summed E-state index contributed by atoms with van der Waals surface area (Å²) in [7, 11) is 2.05. The smallest absolute Gasteiger partial charge is 0.143 e. The van der Waals surface area contributed by atoms with Gasteiger partial charge in [0, 0.05) is 61.9 Å². The molecule has 2 fully saturated rings. The second-order valence-electron chi connectivity index (χ2n) is 11.3. The highest BCUT2D eigenvalue weighted by atomic mass is 16.1. The van der Waals surface area contributed by atoms with E-state index >= 15 is 0 Å². The number of Topliss-reactive ketones (excluding diaryl/α,β-unsaturated/α-hetero) is 1. The Balaban J connectivity index is 1.33. The Hall–Kier alpha value is -2.57. The number of pyridine rings is 1. The first-order valence-corrected chi connectivity index (χ1v) is 13.8. The molecule has 5 rings (SSSR count). The van der Waals surface area contributed by atoms with Gasteiger partial charge in [-0.25, -0.2) is 0 Å². The van der Waals surface area contributed by atoms with Gasteiger partial charge in [-0.2, -0.15) is 5.10 Å². The van der Waals surface area contributed by atoms with Crippen LogP contribution in [0.3, 0.4) is 0 Å². The number of nitrogens with zero attached hydrogens (tertiary/aromatic N) is 5. The Morgan fingerprint density at radius 3 is 2.61 bits per heavy atom. The predicted molar refractivity (Wildman–Crippen MR) is 146 cm³/mol. The molecule has 1 atom stereocenters. The van der Waals surface area contributed by atoms with Crippen LogP contribution in [0.25, 0.3) is 21.9 Å². The number of piperidine rings is 2. The molecule has 0 aliphatic carbocycles. The normalized spacial score (nSPS) is 19.8. The number of hydrogen-bond donors (Lipinski definition) is 0. The van der Waals surface area contributed by atoms with Gasteiger partial charge in [-0.3, -0.25) is 19.4 Å². The van der Waals surface area contributed by atoms with Crippen LogP contribution in [0.2, 0.25) is 0 Å². The fourth-order valence-electron chi connectivity index (χ4n) is 5.99. The van der Waals surface area contributed by atoms with Gasteiger partial charge >= 0.3 is 0 Å². The topological polar surface area (TPSA) is 54.3 Å². The van der Waals surface area contributed by atoms with Crippen LogP contribution >= 0.6 is 0 Å². The molecule has 0 amide bonds. The fraction of sp³-hybridized carbons (Fsp3) is 0.567. The summed E-state index contributed by atoms with van der Waals surface area (Å²) in [5.74, 6) is 1.10. The number of carbonyl (C=O) groups excluding carboxylic acids is 1. The van der Waals surface area contributed by atoms with Crippen LogP contribution < -0.4 is 0 Å². The van der Waals surface area contributed by atoms with E-state index in [-0.39, 0.29) is 5.92 Å². The average Bonchev–Trinajstić information content (AvgIpc) is 3.23. The van der Waals surface area contributed by atoms with Crippen molar-refractivity contribution < 1.29 is 4.79 Å². The van der Waals surface area contributed by atoms with E-state index < -0.39 is 0 Å². The molecule has 0 bridgehead atoms. The van der Waals surface area contributed by atoms with Gasteiger partial charge in [0.15, 0.2) is 0 Å². The zero-order chi connectivity index (χ0) is 25.1. The number of fused-ring (bicyclic) bond motifs is 1. The van der Waals surface area contributed by atoms with Gasteiger partial charge < -0.3 is 4.90 Å². The molecule has 4 heterocycles. The third-order valence-corrected chi connectivity index (χ3v) is 7.91. The first-order chi connectivity index (χ1) is 17.5. The lowest BCUT2D eigenvalue weighted by Gasteiger charge is -2.33. The minimum absolute atomic E-state index is 0.133. The number of benzene rings is 1. The summed E-state index contributed by atoms with van der Waals surface area (Å²) in [6.45, 7) is 10.9. The molecule has 6 nitrogen and oxygen atoms in total. The van der Waals surface area contributed by atoms with Crippen molar-refractivity contribution in [2.45, 2.75) is 58.9 Å². The molecular formula is C30H41N5O. The van der Waals surface area contributed by atoms with Crippen molar-refractivity contribution in [1.29, 1.82) is 0 Å². The van der Waals surface area contributed by atoms with E-state index in [2.05, 4.69) is 58.0 Å². The maximum absolute atomic E-state index is 13.2. The molecule has 192 valence electrons. The van der Waals surface area contributed by atoms with E-state index in [0.29, 0.717) is 18.1 Å². The van der Waals surface area contributed by atoms with Gasteiger partial charge in [0.25, 0.3) is 0 Å². The maximum Gasteiger partial charge on any atom is 0.143 e. The van der Waals surface area contributed by atoms with E-state index in [0.717, 1.165) is 55.5 Å². The van der Waals surface area contributed by atoms with E-state index in [1.165, 1.54) is 49.2 Å². The van der Waals surface area contributed by atoms with Crippen molar-refractivity contribution in [3.8, 4) is 11.1 Å². The Kier molecular flexibility index (Phi) is 7.82. The molecule has 0 N–H and O–H groups in total. The summed E-state index contributed by atoms with van der Waals surface area (Å²) < 4.78 is 2.03.